The molecule has 17 heavy (non-hydrogen) atoms. The van der Waals surface area contributed by atoms with E-state index >= 15 is 0 Å². The lowest BCUT2D eigenvalue weighted by Crippen LogP contribution is -2.30. The second-order valence-corrected chi connectivity index (χ2v) is 4.10. The lowest BCUT2D eigenvalue weighted by Gasteiger charge is -2.19. The molecule has 0 radical (unpaired) electrons. The van der Waals surface area contributed by atoms with Gasteiger partial charge >= 0.3 is 0 Å². The number of phenolic OH excluding ortho intramolecular Hbond substituents is 1. The molecule has 0 aliphatic rings. The molecule has 0 saturated carbocycles. The van der Waals surface area contributed by atoms with Gasteiger partial charge < -0.3 is 5.11 Å². The minimum Gasteiger partial charge on any atom is -0.508 e. The molecule has 0 bridgehead atoms. The van der Waals surface area contributed by atoms with Crippen molar-refractivity contribution in [2.75, 3.05) is 0 Å². The Morgan fingerprint density at radius 2 is 2.24 bits per heavy atom. The lowest BCUT2D eigenvalue weighted by molar-refractivity contribution is 0.456. The summed E-state index contributed by atoms with van der Waals surface area (Å²) in [6.07, 6.45) is 7.24. The molecule has 1 aromatic carbocycles. The van der Waals surface area contributed by atoms with Crippen molar-refractivity contribution >= 4 is 0 Å². The third-order valence-corrected chi connectivity index (χ3v) is 2.68. The summed E-state index contributed by atoms with van der Waals surface area (Å²) in [5.41, 5.74) is 0.513. The van der Waals surface area contributed by atoms with Crippen molar-refractivity contribution in [3.8, 4) is 18.1 Å². The van der Waals surface area contributed by atoms with Gasteiger partial charge in [0.2, 0.25) is 0 Å². The molecule has 0 fully saturated rings. The van der Waals surface area contributed by atoms with E-state index in [1.165, 1.54) is 6.07 Å². The molecule has 0 amide bonds. The first-order chi connectivity index (χ1) is 8.08. The number of aromatic hydroxyl groups is 1. The predicted octanol–water partition coefficient (Wildman–Crippen LogP) is 2.98. The average molecular weight is 235 g/mol. The average Bonchev–Trinajstić information content (AvgIpc) is 2.28. The van der Waals surface area contributed by atoms with Crippen molar-refractivity contribution < 1.29 is 9.50 Å². The number of rotatable bonds is 5. The maximum absolute atomic E-state index is 13.6. The van der Waals surface area contributed by atoms with Crippen LogP contribution < -0.4 is 5.32 Å². The van der Waals surface area contributed by atoms with Crippen LogP contribution in [0.4, 0.5) is 4.39 Å². The largest absolute Gasteiger partial charge is 0.508 e. The van der Waals surface area contributed by atoms with Crippen LogP contribution >= 0.6 is 0 Å². The van der Waals surface area contributed by atoms with Crippen molar-refractivity contribution in [3.63, 3.8) is 0 Å². The summed E-state index contributed by atoms with van der Waals surface area (Å²) in [4.78, 5) is 0. The van der Waals surface area contributed by atoms with Gasteiger partial charge in [-0.2, -0.15) is 0 Å². The van der Waals surface area contributed by atoms with Gasteiger partial charge in [-0.05, 0) is 19.4 Å². The third kappa shape index (κ3) is 3.76. The summed E-state index contributed by atoms with van der Waals surface area (Å²) in [7, 11) is 0. The fraction of sp³-hybridized carbons (Fsp3) is 0.429. The van der Waals surface area contributed by atoms with Crippen LogP contribution in [0.3, 0.4) is 0 Å². The molecule has 92 valence electrons. The molecule has 2 unspecified atom stereocenters. The van der Waals surface area contributed by atoms with Gasteiger partial charge in [-0.1, -0.05) is 25.3 Å². The number of phenols is 1. The zero-order valence-corrected chi connectivity index (χ0v) is 10.2. The molecular formula is C14H18FNO. The minimum absolute atomic E-state index is 0.0526. The van der Waals surface area contributed by atoms with Crippen LogP contribution in [0.25, 0.3) is 0 Å². The molecule has 2 N–H and O–H groups in total. The van der Waals surface area contributed by atoms with Gasteiger partial charge in [-0.15, -0.1) is 6.42 Å². The number of terminal acetylenes is 1. The van der Waals surface area contributed by atoms with E-state index in [2.05, 4.69) is 18.2 Å². The highest BCUT2D eigenvalue weighted by Crippen LogP contribution is 2.21. The number of halogens is 1. The SMILES string of the molecule is C#CC(CCC)NC(C)c1ccc(O)cc1F. The Morgan fingerprint density at radius 1 is 1.53 bits per heavy atom. The highest BCUT2D eigenvalue weighted by molar-refractivity contribution is 5.29. The van der Waals surface area contributed by atoms with E-state index in [4.69, 9.17) is 11.5 Å². The van der Waals surface area contributed by atoms with Crippen LogP contribution in [0.1, 0.15) is 38.3 Å². The highest BCUT2D eigenvalue weighted by atomic mass is 19.1. The van der Waals surface area contributed by atoms with E-state index < -0.39 is 5.82 Å². The van der Waals surface area contributed by atoms with Crippen molar-refractivity contribution in [2.24, 2.45) is 0 Å². The molecule has 0 heterocycles. The fourth-order valence-corrected chi connectivity index (χ4v) is 1.76. The maximum atomic E-state index is 13.6. The second kappa shape index (κ2) is 6.27. The molecule has 0 spiro atoms. The summed E-state index contributed by atoms with van der Waals surface area (Å²) in [6.45, 7) is 3.91. The predicted molar refractivity (Wildman–Crippen MR) is 67.1 cm³/mol. The van der Waals surface area contributed by atoms with Crippen molar-refractivity contribution in [1.29, 1.82) is 0 Å². The molecule has 0 aliphatic heterocycles. The Kier molecular flexibility index (Phi) is 4.99. The molecule has 0 saturated heterocycles. The van der Waals surface area contributed by atoms with Crippen LogP contribution in [-0.2, 0) is 0 Å². The summed E-state index contributed by atoms with van der Waals surface area (Å²) >= 11 is 0. The molecule has 2 atom stereocenters. The first-order valence-corrected chi connectivity index (χ1v) is 5.79. The normalized spacial score (nSPS) is 14.0. The molecule has 1 aromatic rings. The number of benzene rings is 1. The fourth-order valence-electron chi connectivity index (χ4n) is 1.76. The Bertz CT molecular complexity index is 411. The summed E-state index contributed by atoms with van der Waals surface area (Å²) in [6, 6.07) is 3.92. The summed E-state index contributed by atoms with van der Waals surface area (Å²) in [5.74, 6) is 2.16. The smallest absolute Gasteiger partial charge is 0.131 e. The van der Waals surface area contributed by atoms with Gasteiger partial charge in [0.25, 0.3) is 0 Å². The van der Waals surface area contributed by atoms with Crippen molar-refractivity contribution in [2.45, 2.75) is 38.8 Å². The van der Waals surface area contributed by atoms with Crippen molar-refractivity contribution in [1.82, 2.24) is 5.32 Å². The number of hydrogen-bond donors (Lipinski definition) is 2. The summed E-state index contributed by atoms with van der Waals surface area (Å²) < 4.78 is 13.6. The zero-order chi connectivity index (χ0) is 12.8. The summed E-state index contributed by atoms with van der Waals surface area (Å²) in [5, 5.41) is 12.3. The van der Waals surface area contributed by atoms with Gasteiger partial charge in [0, 0.05) is 17.7 Å². The molecule has 1 rings (SSSR count). The Labute approximate surface area is 102 Å². The molecular weight excluding hydrogens is 217 g/mol. The monoisotopic (exact) mass is 235 g/mol. The van der Waals surface area contributed by atoms with E-state index in [-0.39, 0.29) is 17.8 Å². The van der Waals surface area contributed by atoms with E-state index in [9.17, 15) is 4.39 Å². The van der Waals surface area contributed by atoms with Crippen molar-refractivity contribution in [3.05, 3.63) is 29.6 Å². The number of nitrogens with one attached hydrogen (secondary N) is 1. The highest BCUT2D eigenvalue weighted by Gasteiger charge is 2.14. The van der Waals surface area contributed by atoms with E-state index in [1.54, 1.807) is 6.07 Å². The second-order valence-electron chi connectivity index (χ2n) is 4.10. The van der Waals surface area contributed by atoms with Gasteiger partial charge in [0.05, 0.1) is 6.04 Å². The zero-order valence-electron chi connectivity index (χ0n) is 10.2. The first-order valence-electron chi connectivity index (χ1n) is 5.79. The topological polar surface area (TPSA) is 32.3 Å². The van der Waals surface area contributed by atoms with Crippen LogP contribution in [0.2, 0.25) is 0 Å². The van der Waals surface area contributed by atoms with Gasteiger partial charge in [0.15, 0.2) is 0 Å². The van der Waals surface area contributed by atoms with Gasteiger partial charge in [-0.3, -0.25) is 5.32 Å². The van der Waals surface area contributed by atoms with E-state index in [0.29, 0.717) is 5.56 Å². The lowest BCUT2D eigenvalue weighted by atomic mass is 10.1. The molecule has 2 nitrogen and oxygen atoms in total. The quantitative estimate of drug-likeness (QED) is 0.769. The molecule has 3 heteroatoms. The Morgan fingerprint density at radius 3 is 2.76 bits per heavy atom. The number of hydrogen-bond acceptors (Lipinski definition) is 2. The Hall–Kier alpha value is -1.53. The Balaban J connectivity index is 2.75. The maximum Gasteiger partial charge on any atom is 0.131 e. The molecule has 0 aliphatic carbocycles. The first kappa shape index (κ1) is 13.5. The van der Waals surface area contributed by atoms with Crippen LogP contribution in [0, 0.1) is 18.2 Å². The van der Waals surface area contributed by atoms with Crippen LogP contribution in [-0.4, -0.2) is 11.1 Å². The minimum atomic E-state index is -0.419. The van der Waals surface area contributed by atoms with Gasteiger partial charge in [-0.25, -0.2) is 4.39 Å². The van der Waals surface area contributed by atoms with Crippen LogP contribution in [0.5, 0.6) is 5.75 Å². The van der Waals surface area contributed by atoms with Crippen LogP contribution in [0.15, 0.2) is 18.2 Å². The third-order valence-electron chi connectivity index (χ3n) is 2.68. The van der Waals surface area contributed by atoms with E-state index in [0.717, 1.165) is 18.9 Å². The standard InChI is InChI=1S/C14H18FNO/c1-4-6-11(5-2)16-10(3)13-8-7-12(17)9-14(13)15/h2,7-11,16-17H,4,6H2,1,3H3. The van der Waals surface area contributed by atoms with E-state index in [1.807, 2.05) is 6.92 Å². The van der Waals surface area contributed by atoms with Gasteiger partial charge in [0.1, 0.15) is 11.6 Å². The molecule has 0 aromatic heterocycles.